The molecule has 3 rings (SSSR count). The summed E-state index contributed by atoms with van der Waals surface area (Å²) in [5, 5.41) is 8.70. The summed E-state index contributed by atoms with van der Waals surface area (Å²) in [6, 6.07) is 12.1. The minimum absolute atomic E-state index is 0.114. The van der Waals surface area contributed by atoms with Crippen molar-refractivity contribution in [1.82, 2.24) is 0 Å². The molecule has 0 bridgehead atoms. The zero-order valence-corrected chi connectivity index (χ0v) is 11.6. The van der Waals surface area contributed by atoms with Crippen LogP contribution in [0.3, 0.4) is 0 Å². The fourth-order valence-electron chi connectivity index (χ4n) is 2.41. The molecule has 0 aromatic heterocycles. The van der Waals surface area contributed by atoms with Gasteiger partial charge in [0.1, 0.15) is 18.5 Å². The number of fused-ring (bicyclic) bond motifs is 1. The van der Waals surface area contributed by atoms with Crippen molar-refractivity contribution in [3.63, 3.8) is 0 Å². The smallest absolute Gasteiger partial charge is 0.166 e. The van der Waals surface area contributed by atoms with Gasteiger partial charge in [0.15, 0.2) is 11.6 Å². The van der Waals surface area contributed by atoms with Crippen molar-refractivity contribution in [1.29, 1.82) is 5.26 Å². The SMILES string of the molecule is Cc1ccc2c(c1)CC(COc1ccc(C#N)cc1F)O2. The first kappa shape index (κ1) is 13.4. The summed E-state index contributed by atoms with van der Waals surface area (Å²) in [4.78, 5) is 0. The van der Waals surface area contributed by atoms with Crippen molar-refractivity contribution in [3.8, 4) is 17.6 Å². The van der Waals surface area contributed by atoms with Gasteiger partial charge in [-0.15, -0.1) is 0 Å². The highest BCUT2D eigenvalue weighted by molar-refractivity contribution is 5.40. The Kier molecular flexibility index (Phi) is 3.49. The second kappa shape index (κ2) is 5.45. The average molecular weight is 283 g/mol. The monoisotopic (exact) mass is 283 g/mol. The summed E-state index contributed by atoms with van der Waals surface area (Å²) in [7, 11) is 0. The van der Waals surface area contributed by atoms with Gasteiger partial charge in [-0.25, -0.2) is 4.39 Å². The van der Waals surface area contributed by atoms with E-state index in [2.05, 4.69) is 6.07 Å². The molecular weight excluding hydrogens is 269 g/mol. The minimum atomic E-state index is -0.527. The summed E-state index contributed by atoms with van der Waals surface area (Å²) in [5.74, 6) is 0.486. The summed E-state index contributed by atoms with van der Waals surface area (Å²) >= 11 is 0. The molecule has 4 heteroatoms. The highest BCUT2D eigenvalue weighted by atomic mass is 19.1. The lowest BCUT2D eigenvalue weighted by Crippen LogP contribution is -2.22. The van der Waals surface area contributed by atoms with Crippen LogP contribution in [0.15, 0.2) is 36.4 Å². The largest absolute Gasteiger partial charge is 0.487 e. The summed E-state index contributed by atoms with van der Waals surface area (Å²) in [6.45, 7) is 2.31. The first-order valence-electron chi connectivity index (χ1n) is 6.74. The van der Waals surface area contributed by atoms with E-state index in [0.29, 0.717) is 0 Å². The summed E-state index contributed by atoms with van der Waals surface area (Å²) in [5.41, 5.74) is 2.63. The third-order valence-corrected chi connectivity index (χ3v) is 3.44. The molecule has 2 aromatic rings. The lowest BCUT2D eigenvalue weighted by molar-refractivity contribution is 0.145. The number of hydrogen-bond acceptors (Lipinski definition) is 3. The molecule has 106 valence electrons. The van der Waals surface area contributed by atoms with E-state index in [4.69, 9.17) is 14.7 Å². The van der Waals surface area contributed by atoms with Gasteiger partial charge in [0.05, 0.1) is 11.6 Å². The molecule has 2 aromatic carbocycles. The van der Waals surface area contributed by atoms with Crippen LogP contribution in [0.25, 0.3) is 0 Å². The average Bonchev–Trinajstić information content (AvgIpc) is 2.87. The zero-order chi connectivity index (χ0) is 14.8. The van der Waals surface area contributed by atoms with Gasteiger partial charge in [-0.05, 0) is 36.8 Å². The standard InChI is InChI=1S/C17H14FNO2/c1-11-2-4-16-13(6-11)8-14(21-16)10-20-17-5-3-12(9-19)7-15(17)18/h2-7,14H,8,10H2,1H3. The molecule has 0 N–H and O–H groups in total. The van der Waals surface area contributed by atoms with E-state index in [-0.39, 0.29) is 24.0 Å². The highest BCUT2D eigenvalue weighted by Gasteiger charge is 2.23. The van der Waals surface area contributed by atoms with Crippen LogP contribution in [-0.2, 0) is 6.42 Å². The molecule has 1 heterocycles. The van der Waals surface area contributed by atoms with Gasteiger partial charge < -0.3 is 9.47 Å². The molecule has 0 fully saturated rings. The molecule has 0 amide bonds. The van der Waals surface area contributed by atoms with Crippen LogP contribution in [0, 0.1) is 24.1 Å². The number of nitriles is 1. The van der Waals surface area contributed by atoms with Crippen molar-refractivity contribution in [2.24, 2.45) is 0 Å². The molecular formula is C17H14FNO2. The number of hydrogen-bond donors (Lipinski definition) is 0. The van der Waals surface area contributed by atoms with Crippen molar-refractivity contribution in [3.05, 3.63) is 58.9 Å². The molecule has 0 saturated heterocycles. The van der Waals surface area contributed by atoms with E-state index in [0.717, 1.165) is 17.7 Å². The molecule has 1 aliphatic rings. The van der Waals surface area contributed by atoms with Gasteiger partial charge in [0, 0.05) is 6.42 Å². The van der Waals surface area contributed by atoms with E-state index < -0.39 is 5.82 Å². The second-order valence-corrected chi connectivity index (χ2v) is 5.12. The van der Waals surface area contributed by atoms with Crippen molar-refractivity contribution in [2.75, 3.05) is 6.61 Å². The lowest BCUT2D eigenvalue weighted by atomic mass is 10.1. The molecule has 0 aliphatic carbocycles. The second-order valence-electron chi connectivity index (χ2n) is 5.12. The molecule has 21 heavy (non-hydrogen) atoms. The Labute approximate surface area is 122 Å². The Hall–Kier alpha value is -2.54. The van der Waals surface area contributed by atoms with Crippen LogP contribution in [-0.4, -0.2) is 12.7 Å². The highest BCUT2D eigenvalue weighted by Crippen LogP contribution is 2.30. The lowest BCUT2D eigenvalue weighted by Gasteiger charge is -2.12. The van der Waals surface area contributed by atoms with Gasteiger partial charge in [-0.2, -0.15) is 5.26 Å². The molecule has 1 aliphatic heterocycles. The van der Waals surface area contributed by atoms with Gasteiger partial charge in [-0.3, -0.25) is 0 Å². The van der Waals surface area contributed by atoms with Gasteiger partial charge in [0.2, 0.25) is 0 Å². The van der Waals surface area contributed by atoms with Crippen LogP contribution in [0.2, 0.25) is 0 Å². The maximum atomic E-state index is 13.7. The Bertz CT molecular complexity index is 721. The predicted octanol–water partition coefficient (Wildman–Crippen LogP) is 3.39. The fraction of sp³-hybridized carbons (Fsp3) is 0.235. The van der Waals surface area contributed by atoms with E-state index in [1.807, 2.05) is 25.1 Å². The normalized spacial score (nSPS) is 16.0. The Morgan fingerprint density at radius 1 is 1.33 bits per heavy atom. The molecule has 0 spiro atoms. The van der Waals surface area contributed by atoms with Gasteiger partial charge >= 0.3 is 0 Å². The van der Waals surface area contributed by atoms with E-state index in [9.17, 15) is 4.39 Å². The van der Waals surface area contributed by atoms with Crippen molar-refractivity contribution >= 4 is 0 Å². The van der Waals surface area contributed by atoms with E-state index in [1.165, 1.54) is 23.8 Å². The van der Waals surface area contributed by atoms with Crippen LogP contribution in [0.5, 0.6) is 11.5 Å². The van der Waals surface area contributed by atoms with E-state index in [1.54, 1.807) is 0 Å². The number of halogens is 1. The molecule has 3 nitrogen and oxygen atoms in total. The number of benzene rings is 2. The Morgan fingerprint density at radius 2 is 2.19 bits per heavy atom. The number of nitrogens with zero attached hydrogens (tertiary/aromatic N) is 1. The Morgan fingerprint density at radius 3 is 2.95 bits per heavy atom. The molecule has 0 radical (unpaired) electrons. The van der Waals surface area contributed by atoms with Crippen molar-refractivity contribution in [2.45, 2.75) is 19.4 Å². The van der Waals surface area contributed by atoms with Crippen LogP contribution < -0.4 is 9.47 Å². The Balaban J connectivity index is 1.64. The fourth-order valence-corrected chi connectivity index (χ4v) is 2.41. The van der Waals surface area contributed by atoms with E-state index >= 15 is 0 Å². The number of rotatable bonds is 3. The molecule has 1 atom stereocenters. The summed E-state index contributed by atoms with van der Waals surface area (Å²) in [6.07, 6.45) is 0.645. The molecule has 0 saturated carbocycles. The molecule has 1 unspecified atom stereocenters. The maximum absolute atomic E-state index is 13.7. The number of aryl methyl sites for hydroxylation is 1. The maximum Gasteiger partial charge on any atom is 0.166 e. The third kappa shape index (κ3) is 2.82. The predicted molar refractivity (Wildman–Crippen MR) is 75.9 cm³/mol. The van der Waals surface area contributed by atoms with Crippen LogP contribution >= 0.6 is 0 Å². The minimum Gasteiger partial charge on any atom is -0.487 e. The topological polar surface area (TPSA) is 42.2 Å². The van der Waals surface area contributed by atoms with Crippen molar-refractivity contribution < 1.29 is 13.9 Å². The van der Waals surface area contributed by atoms with Gasteiger partial charge in [-0.1, -0.05) is 17.7 Å². The zero-order valence-electron chi connectivity index (χ0n) is 11.6. The number of ether oxygens (including phenoxy) is 2. The quantitative estimate of drug-likeness (QED) is 0.867. The first-order valence-corrected chi connectivity index (χ1v) is 6.74. The third-order valence-electron chi connectivity index (χ3n) is 3.44. The van der Waals surface area contributed by atoms with Crippen LogP contribution in [0.4, 0.5) is 4.39 Å². The van der Waals surface area contributed by atoms with Gasteiger partial charge in [0.25, 0.3) is 0 Å². The first-order chi connectivity index (χ1) is 10.2. The van der Waals surface area contributed by atoms with Crippen LogP contribution in [0.1, 0.15) is 16.7 Å². The summed E-state index contributed by atoms with van der Waals surface area (Å²) < 4.78 is 25.0.